The van der Waals surface area contributed by atoms with Gasteiger partial charge in [-0.2, -0.15) is 0 Å². The van der Waals surface area contributed by atoms with Crippen molar-refractivity contribution in [3.8, 4) is 0 Å². The Morgan fingerprint density at radius 2 is 1.90 bits per heavy atom. The van der Waals surface area contributed by atoms with E-state index < -0.39 is 0 Å². The van der Waals surface area contributed by atoms with Crippen LogP contribution in [0.15, 0.2) is 11.8 Å². The van der Waals surface area contributed by atoms with Crippen molar-refractivity contribution in [3.05, 3.63) is 11.8 Å². The molecule has 0 aliphatic carbocycles. The summed E-state index contributed by atoms with van der Waals surface area (Å²) in [6.45, 7) is 8.07. The molecule has 1 nitrogen and oxygen atoms in total. The summed E-state index contributed by atoms with van der Waals surface area (Å²) in [5.74, 6) is 0.890. The van der Waals surface area contributed by atoms with Crippen LogP contribution in [0, 0.1) is 11.8 Å². The number of hydrogen-bond donors (Lipinski definition) is 0. The summed E-state index contributed by atoms with van der Waals surface area (Å²) in [4.78, 5) is 0. The molecule has 0 bridgehead atoms. The lowest BCUT2D eigenvalue weighted by molar-refractivity contribution is -0.315. The molecule has 0 spiro atoms. The van der Waals surface area contributed by atoms with Gasteiger partial charge in [0.2, 0.25) is 0 Å². The second-order valence-corrected chi connectivity index (χ2v) is 3.12. The third kappa shape index (κ3) is 3.54. The molecule has 60 valence electrons. The van der Waals surface area contributed by atoms with E-state index in [4.69, 9.17) is 0 Å². The lowest BCUT2D eigenvalue weighted by Crippen LogP contribution is -2.13. The molecule has 1 atom stereocenters. The maximum Gasteiger partial charge on any atom is -0.0296 e. The Hall–Kier alpha value is -0.460. The minimum atomic E-state index is 0.211. The van der Waals surface area contributed by atoms with Crippen LogP contribution < -0.4 is 5.11 Å². The molecule has 0 rings (SSSR count). The standard InChI is InChI=1S/C9H18O/c1-5-8(4)9(10)6-7(2)3/h6-8,10H,5H2,1-4H3/p-1. The van der Waals surface area contributed by atoms with Crippen molar-refractivity contribution in [1.29, 1.82) is 0 Å². The molecule has 0 aliphatic rings. The molecule has 10 heavy (non-hydrogen) atoms. The summed E-state index contributed by atoms with van der Waals surface area (Å²) in [5, 5.41) is 11.1. The minimum Gasteiger partial charge on any atom is -0.875 e. The predicted octanol–water partition coefficient (Wildman–Crippen LogP) is 1.93. The van der Waals surface area contributed by atoms with Crippen LogP contribution in [0.1, 0.15) is 34.1 Å². The largest absolute Gasteiger partial charge is 0.875 e. The molecular formula is C9H17O-. The van der Waals surface area contributed by atoms with Crippen LogP contribution in [0.25, 0.3) is 0 Å². The van der Waals surface area contributed by atoms with Gasteiger partial charge in [-0.15, -0.1) is 5.76 Å². The van der Waals surface area contributed by atoms with Crippen molar-refractivity contribution in [3.63, 3.8) is 0 Å². The average molecular weight is 141 g/mol. The quantitative estimate of drug-likeness (QED) is 0.551. The molecule has 0 N–H and O–H groups in total. The second-order valence-electron chi connectivity index (χ2n) is 3.12. The SMILES string of the molecule is CCC(C)C([O-])=CC(C)C. The summed E-state index contributed by atoms with van der Waals surface area (Å²) < 4.78 is 0. The van der Waals surface area contributed by atoms with Crippen molar-refractivity contribution in [1.82, 2.24) is 0 Å². The highest BCUT2D eigenvalue weighted by molar-refractivity contribution is 4.94. The van der Waals surface area contributed by atoms with Crippen LogP contribution in [0.4, 0.5) is 0 Å². The van der Waals surface area contributed by atoms with Crippen LogP contribution >= 0.6 is 0 Å². The van der Waals surface area contributed by atoms with Crippen LogP contribution in [-0.4, -0.2) is 0 Å². The van der Waals surface area contributed by atoms with Gasteiger partial charge in [-0.25, -0.2) is 0 Å². The normalized spacial score (nSPS) is 15.9. The zero-order chi connectivity index (χ0) is 8.15. The minimum absolute atomic E-state index is 0.211. The highest BCUT2D eigenvalue weighted by Crippen LogP contribution is 2.10. The molecule has 0 aromatic heterocycles. The fourth-order valence-electron chi connectivity index (χ4n) is 0.694. The van der Waals surface area contributed by atoms with E-state index in [-0.39, 0.29) is 11.7 Å². The molecular weight excluding hydrogens is 124 g/mol. The first-order chi connectivity index (χ1) is 4.57. The predicted molar refractivity (Wildman–Crippen MR) is 42.4 cm³/mol. The van der Waals surface area contributed by atoms with E-state index in [1.54, 1.807) is 6.08 Å². The molecule has 0 aromatic rings. The Balaban J connectivity index is 3.91. The van der Waals surface area contributed by atoms with Gasteiger partial charge in [-0.05, 0) is 11.8 Å². The summed E-state index contributed by atoms with van der Waals surface area (Å²) in [6, 6.07) is 0. The van der Waals surface area contributed by atoms with E-state index in [2.05, 4.69) is 0 Å². The van der Waals surface area contributed by atoms with Crippen LogP contribution in [0.5, 0.6) is 0 Å². The highest BCUT2D eigenvalue weighted by Gasteiger charge is 1.95. The maximum absolute atomic E-state index is 11.1. The van der Waals surface area contributed by atoms with Gasteiger partial charge in [0.15, 0.2) is 0 Å². The Morgan fingerprint density at radius 1 is 1.40 bits per heavy atom. The van der Waals surface area contributed by atoms with Gasteiger partial charge >= 0.3 is 0 Å². The smallest absolute Gasteiger partial charge is 0.0296 e. The van der Waals surface area contributed by atoms with Gasteiger partial charge < -0.3 is 5.11 Å². The third-order valence-electron chi connectivity index (χ3n) is 1.60. The summed E-state index contributed by atoms with van der Waals surface area (Å²) in [6.07, 6.45) is 2.75. The van der Waals surface area contributed by atoms with Crippen LogP contribution in [0.2, 0.25) is 0 Å². The van der Waals surface area contributed by atoms with E-state index in [0.717, 1.165) is 6.42 Å². The Kier molecular flexibility index (Phi) is 4.17. The molecule has 0 heterocycles. The molecule has 0 amide bonds. The van der Waals surface area contributed by atoms with E-state index in [9.17, 15) is 5.11 Å². The van der Waals surface area contributed by atoms with Crippen molar-refractivity contribution in [2.24, 2.45) is 11.8 Å². The monoisotopic (exact) mass is 141 g/mol. The topological polar surface area (TPSA) is 23.1 Å². The number of rotatable bonds is 3. The van der Waals surface area contributed by atoms with Gasteiger partial charge in [0.1, 0.15) is 0 Å². The van der Waals surface area contributed by atoms with Crippen molar-refractivity contribution < 1.29 is 5.11 Å². The van der Waals surface area contributed by atoms with E-state index in [1.165, 1.54) is 0 Å². The van der Waals surface area contributed by atoms with Crippen molar-refractivity contribution >= 4 is 0 Å². The summed E-state index contributed by atoms with van der Waals surface area (Å²) in [5.41, 5.74) is 0. The molecule has 0 aliphatic heterocycles. The summed E-state index contributed by atoms with van der Waals surface area (Å²) in [7, 11) is 0. The fraction of sp³-hybridized carbons (Fsp3) is 0.778. The molecule has 1 unspecified atom stereocenters. The Labute approximate surface area is 63.8 Å². The van der Waals surface area contributed by atoms with Crippen molar-refractivity contribution in [2.45, 2.75) is 34.1 Å². The number of allylic oxidation sites excluding steroid dienone is 2. The fourth-order valence-corrected chi connectivity index (χ4v) is 0.694. The van der Waals surface area contributed by atoms with E-state index in [0.29, 0.717) is 5.92 Å². The highest BCUT2D eigenvalue weighted by atomic mass is 16.3. The summed E-state index contributed by atoms with van der Waals surface area (Å²) >= 11 is 0. The van der Waals surface area contributed by atoms with Crippen LogP contribution in [0.3, 0.4) is 0 Å². The van der Waals surface area contributed by atoms with Gasteiger partial charge in [0, 0.05) is 0 Å². The second kappa shape index (κ2) is 4.37. The molecule has 0 fully saturated rings. The maximum atomic E-state index is 11.1. The number of hydrogen-bond acceptors (Lipinski definition) is 1. The first-order valence-electron chi connectivity index (χ1n) is 3.96. The average Bonchev–Trinajstić information content (AvgIpc) is 1.85. The third-order valence-corrected chi connectivity index (χ3v) is 1.60. The van der Waals surface area contributed by atoms with Gasteiger partial charge in [0.05, 0.1) is 0 Å². The first kappa shape index (κ1) is 9.54. The lowest BCUT2D eigenvalue weighted by atomic mass is 10.0. The lowest BCUT2D eigenvalue weighted by Gasteiger charge is -2.19. The van der Waals surface area contributed by atoms with E-state index >= 15 is 0 Å². The molecule has 1 heteroatoms. The molecule has 0 radical (unpaired) electrons. The Morgan fingerprint density at radius 3 is 2.20 bits per heavy atom. The van der Waals surface area contributed by atoms with E-state index in [1.807, 2.05) is 27.7 Å². The zero-order valence-corrected chi connectivity index (χ0v) is 7.35. The Bertz CT molecular complexity index is 114. The van der Waals surface area contributed by atoms with Crippen molar-refractivity contribution in [2.75, 3.05) is 0 Å². The molecule has 0 aromatic carbocycles. The first-order valence-corrected chi connectivity index (χ1v) is 3.96. The van der Waals surface area contributed by atoms with Crippen LogP contribution in [-0.2, 0) is 0 Å². The zero-order valence-electron chi connectivity index (χ0n) is 7.35. The molecule has 0 saturated carbocycles. The van der Waals surface area contributed by atoms with Gasteiger partial charge in [0.25, 0.3) is 0 Å². The van der Waals surface area contributed by atoms with Gasteiger partial charge in [-0.1, -0.05) is 40.2 Å². The van der Waals surface area contributed by atoms with Gasteiger partial charge in [-0.3, -0.25) is 0 Å². The molecule has 0 saturated heterocycles.